The number of aryl methyl sites for hydroxylation is 2. The molecule has 1 N–H and O–H groups in total. The zero-order valence-corrected chi connectivity index (χ0v) is 14.0. The molecule has 0 radical (unpaired) electrons. The lowest BCUT2D eigenvalue weighted by Gasteiger charge is -2.19. The number of carboxylic acid groups (broad SMARTS) is 1. The predicted molar refractivity (Wildman–Crippen MR) is 84.8 cm³/mol. The number of rotatable bonds is 6. The van der Waals surface area contributed by atoms with Crippen LogP contribution >= 0.6 is 0 Å². The third-order valence-corrected chi connectivity index (χ3v) is 5.51. The number of imidazole rings is 1. The Kier molecular flexibility index (Phi) is 4.62. The van der Waals surface area contributed by atoms with Crippen molar-refractivity contribution in [1.82, 2.24) is 13.4 Å². The lowest BCUT2D eigenvalue weighted by Crippen LogP contribution is -2.36. The highest BCUT2D eigenvalue weighted by Crippen LogP contribution is 2.21. The van der Waals surface area contributed by atoms with Crippen molar-refractivity contribution < 1.29 is 18.3 Å². The van der Waals surface area contributed by atoms with E-state index in [1.54, 1.807) is 27.1 Å². The van der Waals surface area contributed by atoms with Crippen molar-refractivity contribution in [3.8, 4) is 0 Å². The van der Waals surface area contributed by atoms with Crippen LogP contribution < -0.4 is 5.69 Å². The summed E-state index contributed by atoms with van der Waals surface area (Å²) in [6.07, 6.45) is 0.499. The number of sulfonamides is 1. The molecule has 126 valence electrons. The summed E-state index contributed by atoms with van der Waals surface area (Å²) < 4.78 is 29.1. The second kappa shape index (κ2) is 6.17. The summed E-state index contributed by atoms with van der Waals surface area (Å²) in [4.78, 5) is 22.8. The van der Waals surface area contributed by atoms with E-state index in [0.717, 1.165) is 4.31 Å². The zero-order chi connectivity index (χ0) is 17.4. The summed E-state index contributed by atoms with van der Waals surface area (Å²) in [6, 6.07) is 4.34. The van der Waals surface area contributed by atoms with Crippen molar-refractivity contribution >= 4 is 27.0 Å². The van der Waals surface area contributed by atoms with Crippen molar-refractivity contribution in [2.24, 2.45) is 14.1 Å². The third kappa shape index (κ3) is 3.02. The Balaban J connectivity index is 2.59. The van der Waals surface area contributed by atoms with Gasteiger partial charge in [0.2, 0.25) is 10.0 Å². The van der Waals surface area contributed by atoms with E-state index in [4.69, 9.17) is 5.11 Å². The lowest BCUT2D eigenvalue weighted by atomic mass is 10.3. The molecule has 1 heterocycles. The van der Waals surface area contributed by atoms with Crippen molar-refractivity contribution in [2.75, 3.05) is 13.1 Å². The van der Waals surface area contributed by atoms with E-state index in [-0.39, 0.29) is 17.1 Å². The minimum atomic E-state index is -3.94. The number of nitrogens with zero attached hydrogens (tertiary/aromatic N) is 3. The highest BCUT2D eigenvalue weighted by molar-refractivity contribution is 7.89. The number of hydrogen-bond acceptors (Lipinski definition) is 4. The number of aromatic nitrogens is 2. The molecule has 9 heteroatoms. The van der Waals surface area contributed by atoms with Gasteiger partial charge in [-0.1, -0.05) is 6.92 Å². The van der Waals surface area contributed by atoms with E-state index in [2.05, 4.69) is 0 Å². The molecular formula is C14H19N3O5S. The van der Waals surface area contributed by atoms with Gasteiger partial charge in [-0.25, -0.2) is 13.2 Å². The van der Waals surface area contributed by atoms with Crippen LogP contribution in [-0.4, -0.2) is 46.0 Å². The van der Waals surface area contributed by atoms with E-state index >= 15 is 0 Å². The molecule has 23 heavy (non-hydrogen) atoms. The summed E-state index contributed by atoms with van der Waals surface area (Å²) in [7, 11) is -0.781. The average Bonchev–Trinajstić information content (AvgIpc) is 2.71. The van der Waals surface area contributed by atoms with Gasteiger partial charge in [0, 0.05) is 20.6 Å². The Hall–Kier alpha value is -2.13. The number of fused-ring (bicyclic) bond motifs is 1. The molecule has 0 amide bonds. The van der Waals surface area contributed by atoms with Gasteiger partial charge in [0.05, 0.1) is 15.9 Å². The number of aliphatic carboxylic acids is 1. The smallest absolute Gasteiger partial charge is 0.328 e. The predicted octanol–water partition coefficient (Wildman–Crippen LogP) is 0.362. The van der Waals surface area contributed by atoms with Crippen molar-refractivity contribution in [1.29, 1.82) is 0 Å². The van der Waals surface area contributed by atoms with Gasteiger partial charge < -0.3 is 5.11 Å². The Morgan fingerprint density at radius 3 is 2.39 bits per heavy atom. The maximum Gasteiger partial charge on any atom is 0.328 e. The normalized spacial score (nSPS) is 12.2. The first kappa shape index (κ1) is 17.2. The van der Waals surface area contributed by atoms with Gasteiger partial charge in [-0.15, -0.1) is 0 Å². The zero-order valence-electron chi connectivity index (χ0n) is 13.2. The minimum absolute atomic E-state index is 0.0269. The van der Waals surface area contributed by atoms with Crippen LogP contribution in [0.2, 0.25) is 0 Å². The Labute approximate surface area is 133 Å². The molecule has 0 aliphatic heterocycles. The molecule has 0 unspecified atom stereocenters. The molecule has 1 aromatic carbocycles. The molecule has 0 bridgehead atoms. The van der Waals surface area contributed by atoms with Crippen LogP contribution in [0.25, 0.3) is 11.0 Å². The molecule has 2 rings (SSSR count). The summed E-state index contributed by atoms with van der Waals surface area (Å²) in [6.45, 7) is 1.29. The van der Waals surface area contributed by atoms with Gasteiger partial charge in [0.15, 0.2) is 0 Å². The maximum atomic E-state index is 12.7. The van der Waals surface area contributed by atoms with Crippen molar-refractivity contribution in [3.05, 3.63) is 28.7 Å². The Bertz CT molecular complexity index is 910. The molecule has 8 nitrogen and oxygen atoms in total. The summed E-state index contributed by atoms with van der Waals surface area (Å²) in [5.74, 6) is -1.21. The molecular weight excluding hydrogens is 322 g/mol. The highest BCUT2D eigenvalue weighted by Gasteiger charge is 2.26. The summed E-state index contributed by atoms with van der Waals surface area (Å²) in [5, 5.41) is 8.92. The SMILES string of the molecule is CCCN(CC(=O)O)S(=O)(=O)c1ccc2c(c1)n(C)c(=O)n2C. The van der Waals surface area contributed by atoms with E-state index < -0.39 is 22.5 Å². The fourth-order valence-corrected chi connectivity index (χ4v) is 3.98. The lowest BCUT2D eigenvalue weighted by molar-refractivity contribution is -0.137. The second-order valence-electron chi connectivity index (χ2n) is 5.28. The Morgan fingerprint density at radius 2 is 1.83 bits per heavy atom. The van der Waals surface area contributed by atoms with Crippen LogP contribution in [0.1, 0.15) is 13.3 Å². The molecule has 0 aliphatic carbocycles. The number of carbonyl (C=O) groups is 1. The molecule has 0 saturated heterocycles. The van der Waals surface area contributed by atoms with Crippen molar-refractivity contribution in [3.63, 3.8) is 0 Å². The fraction of sp³-hybridized carbons (Fsp3) is 0.429. The number of carboxylic acids is 1. The maximum absolute atomic E-state index is 12.7. The third-order valence-electron chi connectivity index (χ3n) is 3.67. The second-order valence-corrected chi connectivity index (χ2v) is 7.22. The molecule has 0 spiro atoms. The topological polar surface area (TPSA) is 102 Å². The molecule has 0 aliphatic rings. The van der Waals surface area contributed by atoms with E-state index in [0.29, 0.717) is 17.5 Å². The van der Waals surface area contributed by atoms with E-state index in [1.807, 2.05) is 0 Å². The first-order chi connectivity index (χ1) is 10.7. The average molecular weight is 341 g/mol. The van der Waals surface area contributed by atoms with Gasteiger partial charge in [-0.3, -0.25) is 13.9 Å². The number of benzene rings is 1. The van der Waals surface area contributed by atoms with Crippen LogP contribution in [0, 0.1) is 0 Å². The number of hydrogen-bond donors (Lipinski definition) is 1. The molecule has 2 aromatic rings. The molecule has 0 atom stereocenters. The van der Waals surface area contributed by atoms with Crippen LogP contribution in [0.4, 0.5) is 0 Å². The van der Waals surface area contributed by atoms with E-state index in [9.17, 15) is 18.0 Å². The van der Waals surface area contributed by atoms with Crippen LogP contribution in [0.15, 0.2) is 27.9 Å². The molecule has 0 saturated carbocycles. The molecule has 1 aromatic heterocycles. The van der Waals surface area contributed by atoms with Crippen LogP contribution in [0.3, 0.4) is 0 Å². The monoisotopic (exact) mass is 341 g/mol. The standard InChI is InChI=1S/C14H19N3O5S/c1-4-7-17(9-13(18)19)23(21,22)10-5-6-11-12(8-10)16(3)14(20)15(11)2/h5-6,8H,4,7,9H2,1-3H3,(H,18,19). The molecule has 0 fully saturated rings. The largest absolute Gasteiger partial charge is 0.480 e. The first-order valence-electron chi connectivity index (χ1n) is 7.07. The highest BCUT2D eigenvalue weighted by atomic mass is 32.2. The minimum Gasteiger partial charge on any atom is -0.480 e. The van der Waals surface area contributed by atoms with Crippen molar-refractivity contribution in [2.45, 2.75) is 18.2 Å². The Morgan fingerprint density at radius 1 is 1.22 bits per heavy atom. The fourth-order valence-electron chi connectivity index (χ4n) is 2.48. The van der Waals surface area contributed by atoms with Gasteiger partial charge in [0.25, 0.3) is 0 Å². The van der Waals surface area contributed by atoms with Crippen LogP contribution in [0.5, 0.6) is 0 Å². The van der Waals surface area contributed by atoms with E-state index in [1.165, 1.54) is 21.3 Å². The van der Waals surface area contributed by atoms with Gasteiger partial charge in [-0.2, -0.15) is 4.31 Å². The van der Waals surface area contributed by atoms with Gasteiger partial charge >= 0.3 is 11.7 Å². The quantitative estimate of drug-likeness (QED) is 0.817. The van der Waals surface area contributed by atoms with Gasteiger partial charge in [-0.05, 0) is 24.6 Å². The summed E-state index contributed by atoms with van der Waals surface area (Å²) >= 11 is 0. The van der Waals surface area contributed by atoms with Crippen LogP contribution in [-0.2, 0) is 28.9 Å². The van der Waals surface area contributed by atoms with Gasteiger partial charge in [0.1, 0.15) is 6.54 Å². The first-order valence-corrected chi connectivity index (χ1v) is 8.51. The summed E-state index contributed by atoms with van der Waals surface area (Å²) in [5.41, 5.74) is 0.826.